The number of fused-ring (bicyclic) bond motifs is 4. The standard InChI is InChI=1S/C19H12O6/c20-13-5-9-1-3-17(24)19(11(9)7-15(13)22)12-8-16(23)14(21)6-10(12)2-4-18(19)25/h1-8,20-23H. The summed E-state index contributed by atoms with van der Waals surface area (Å²) in [5.41, 5.74) is -0.578. The summed E-state index contributed by atoms with van der Waals surface area (Å²) in [4.78, 5) is 25.7. The van der Waals surface area contributed by atoms with E-state index in [0.29, 0.717) is 11.1 Å². The zero-order valence-electron chi connectivity index (χ0n) is 12.7. The normalized spacial score (nSPS) is 16.8. The van der Waals surface area contributed by atoms with E-state index in [1.54, 1.807) is 0 Å². The molecule has 0 unspecified atom stereocenters. The van der Waals surface area contributed by atoms with Crippen molar-refractivity contribution in [1.29, 1.82) is 0 Å². The van der Waals surface area contributed by atoms with Crippen LogP contribution in [0.3, 0.4) is 0 Å². The van der Waals surface area contributed by atoms with Gasteiger partial charge in [-0.3, -0.25) is 9.59 Å². The van der Waals surface area contributed by atoms with Gasteiger partial charge in [-0.05, 0) is 58.7 Å². The van der Waals surface area contributed by atoms with Gasteiger partial charge in [0.05, 0.1) is 0 Å². The fourth-order valence-electron chi connectivity index (χ4n) is 3.49. The number of carbonyl (C=O) groups excluding carboxylic acids is 2. The minimum atomic E-state index is -1.79. The first-order chi connectivity index (χ1) is 11.9. The molecule has 0 fully saturated rings. The minimum Gasteiger partial charge on any atom is -0.504 e. The number of ketones is 2. The third-order valence-electron chi connectivity index (χ3n) is 4.67. The van der Waals surface area contributed by atoms with Crippen molar-refractivity contribution in [2.45, 2.75) is 5.41 Å². The second-order valence-corrected chi connectivity index (χ2v) is 6.00. The summed E-state index contributed by atoms with van der Waals surface area (Å²) in [6.07, 6.45) is 5.36. The van der Waals surface area contributed by atoms with E-state index in [0.717, 1.165) is 0 Å². The van der Waals surface area contributed by atoms with Crippen LogP contribution < -0.4 is 0 Å². The van der Waals surface area contributed by atoms with Crippen molar-refractivity contribution in [2.75, 3.05) is 0 Å². The predicted octanol–water partition coefficient (Wildman–Crippen LogP) is 1.99. The van der Waals surface area contributed by atoms with E-state index < -0.39 is 28.5 Å². The summed E-state index contributed by atoms with van der Waals surface area (Å²) >= 11 is 0. The van der Waals surface area contributed by atoms with E-state index in [4.69, 9.17) is 0 Å². The third kappa shape index (κ3) is 1.79. The highest BCUT2D eigenvalue weighted by molar-refractivity contribution is 6.28. The largest absolute Gasteiger partial charge is 0.504 e. The molecule has 0 atom stereocenters. The summed E-state index contributed by atoms with van der Waals surface area (Å²) < 4.78 is 0. The lowest BCUT2D eigenvalue weighted by atomic mass is 9.62. The Morgan fingerprint density at radius 1 is 0.560 bits per heavy atom. The van der Waals surface area contributed by atoms with Gasteiger partial charge < -0.3 is 20.4 Å². The first-order valence-corrected chi connectivity index (χ1v) is 7.43. The molecule has 0 heterocycles. The average Bonchev–Trinajstić information content (AvgIpc) is 2.57. The smallest absolute Gasteiger partial charge is 0.178 e. The van der Waals surface area contributed by atoms with Crippen LogP contribution in [0.15, 0.2) is 36.4 Å². The molecule has 0 bridgehead atoms. The van der Waals surface area contributed by atoms with E-state index in [1.807, 2.05) is 0 Å². The Balaban J connectivity index is 2.15. The number of hydrogen-bond donors (Lipinski definition) is 4. The first-order valence-electron chi connectivity index (χ1n) is 7.43. The number of aromatic hydroxyl groups is 4. The van der Waals surface area contributed by atoms with Gasteiger partial charge in [-0.25, -0.2) is 0 Å². The minimum absolute atomic E-state index is 0.205. The second-order valence-electron chi connectivity index (χ2n) is 6.00. The van der Waals surface area contributed by atoms with E-state index >= 15 is 0 Å². The van der Waals surface area contributed by atoms with Crippen molar-refractivity contribution in [3.05, 3.63) is 58.7 Å². The maximum Gasteiger partial charge on any atom is 0.178 e. The van der Waals surface area contributed by atoms with Crippen molar-refractivity contribution in [1.82, 2.24) is 0 Å². The molecule has 2 aromatic rings. The summed E-state index contributed by atoms with van der Waals surface area (Å²) in [6, 6.07) is 4.88. The van der Waals surface area contributed by atoms with E-state index in [1.165, 1.54) is 48.6 Å². The quantitative estimate of drug-likeness (QED) is 0.432. The van der Waals surface area contributed by atoms with Crippen LogP contribution in [0.1, 0.15) is 22.3 Å². The van der Waals surface area contributed by atoms with Crippen LogP contribution >= 0.6 is 0 Å². The van der Waals surface area contributed by atoms with Gasteiger partial charge in [0, 0.05) is 0 Å². The van der Waals surface area contributed by atoms with Crippen LogP contribution in [-0.2, 0) is 15.0 Å². The number of benzene rings is 2. The highest BCUT2D eigenvalue weighted by atomic mass is 16.3. The highest BCUT2D eigenvalue weighted by Crippen LogP contribution is 2.48. The lowest BCUT2D eigenvalue weighted by Gasteiger charge is -2.36. The number of hydrogen-bond acceptors (Lipinski definition) is 6. The molecule has 0 aliphatic heterocycles. The van der Waals surface area contributed by atoms with E-state index in [-0.39, 0.29) is 22.6 Å². The first kappa shape index (κ1) is 15.0. The van der Waals surface area contributed by atoms with Crippen molar-refractivity contribution in [3.63, 3.8) is 0 Å². The Labute approximate surface area is 141 Å². The topological polar surface area (TPSA) is 115 Å². The van der Waals surface area contributed by atoms with Gasteiger partial charge in [-0.15, -0.1) is 0 Å². The molecule has 0 saturated carbocycles. The van der Waals surface area contributed by atoms with Gasteiger partial charge in [-0.1, -0.05) is 12.2 Å². The highest BCUT2D eigenvalue weighted by Gasteiger charge is 2.51. The summed E-state index contributed by atoms with van der Waals surface area (Å²) in [7, 11) is 0. The third-order valence-corrected chi connectivity index (χ3v) is 4.67. The maximum absolute atomic E-state index is 12.9. The Morgan fingerprint density at radius 2 is 0.920 bits per heavy atom. The number of carbonyl (C=O) groups is 2. The van der Waals surface area contributed by atoms with E-state index in [2.05, 4.69) is 0 Å². The van der Waals surface area contributed by atoms with Crippen molar-refractivity contribution in [3.8, 4) is 23.0 Å². The number of phenolic OH excluding ortho intramolecular Hbond substituents is 4. The molecule has 4 rings (SSSR count). The number of phenols is 4. The molecule has 2 aromatic carbocycles. The van der Waals surface area contributed by atoms with Crippen molar-refractivity contribution >= 4 is 23.7 Å². The summed E-state index contributed by atoms with van der Waals surface area (Å²) in [5.74, 6) is -2.75. The molecule has 6 heteroatoms. The monoisotopic (exact) mass is 336 g/mol. The average molecular weight is 336 g/mol. The van der Waals surface area contributed by atoms with Crippen LogP contribution in [0, 0.1) is 0 Å². The number of allylic oxidation sites excluding steroid dienone is 2. The summed E-state index contributed by atoms with van der Waals surface area (Å²) in [6.45, 7) is 0. The van der Waals surface area contributed by atoms with Crippen LogP contribution in [0.5, 0.6) is 23.0 Å². The number of rotatable bonds is 0. The van der Waals surface area contributed by atoms with Crippen molar-refractivity contribution < 1.29 is 30.0 Å². The molecule has 2 aliphatic carbocycles. The molecular formula is C19H12O6. The molecular weight excluding hydrogens is 324 g/mol. The zero-order valence-corrected chi connectivity index (χ0v) is 12.7. The Morgan fingerprint density at radius 3 is 1.32 bits per heavy atom. The molecule has 1 spiro atoms. The van der Waals surface area contributed by atoms with Crippen LogP contribution in [0.4, 0.5) is 0 Å². The van der Waals surface area contributed by atoms with Crippen molar-refractivity contribution in [2.24, 2.45) is 0 Å². The fourth-order valence-corrected chi connectivity index (χ4v) is 3.49. The fraction of sp³-hybridized carbons (Fsp3) is 0.0526. The molecule has 0 amide bonds. The maximum atomic E-state index is 12.9. The van der Waals surface area contributed by atoms with Gasteiger partial charge in [0.2, 0.25) is 0 Å². The van der Waals surface area contributed by atoms with Gasteiger partial charge in [-0.2, -0.15) is 0 Å². The Hall–Kier alpha value is -3.54. The lowest BCUT2D eigenvalue weighted by Crippen LogP contribution is -2.46. The zero-order chi connectivity index (χ0) is 17.9. The van der Waals surface area contributed by atoms with Crippen LogP contribution in [0.25, 0.3) is 12.2 Å². The van der Waals surface area contributed by atoms with E-state index in [9.17, 15) is 30.0 Å². The van der Waals surface area contributed by atoms with Crippen LogP contribution in [0.2, 0.25) is 0 Å². The Bertz CT molecular complexity index is 945. The SMILES string of the molecule is O=C1C=Cc2cc(O)c(O)cc2C12C(=O)C=Cc1cc(O)c(O)cc12. The molecule has 0 radical (unpaired) electrons. The van der Waals surface area contributed by atoms with Gasteiger partial charge >= 0.3 is 0 Å². The molecule has 6 nitrogen and oxygen atoms in total. The molecule has 4 N–H and O–H groups in total. The molecule has 2 aliphatic rings. The van der Waals surface area contributed by atoms with Gasteiger partial charge in [0.15, 0.2) is 34.6 Å². The molecule has 25 heavy (non-hydrogen) atoms. The lowest BCUT2D eigenvalue weighted by molar-refractivity contribution is -0.128. The molecule has 0 aromatic heterocycles. The van der Waals surface area contributed by atoms with Gasteiger partial charge in [0.1, 0.15) is 5.41 Å². The van der Waals surface area contributed by atoms with Gasteiger partial charge in [0.25, 0.3) is 0 Å². The summed E-state index contributed by atoms with van der Waals surface area (Å²) in [5, 5.41) is 39.3. The van der Waals surface area contributed by atoms with Crippen LogP contribution in [-0.4, -0.2) is 32.0 Å². The predicted molar refractivity (Wildman–Crippen MR) is 88.4 cm³/mol. The molecule has 124 valence electrons. The second kappa shape index (κ2) is 4.73. The Kier molecular flexibility index (Phi) is 2.84. The molecule has 0 saturated heterocycles.